The molecule has 2 amide bonds. The molecule has 246 valence electrons. The summed E-state index contributed by atoms with van der Waals surface area (Å²) in [4.78, 5) is 47.8. The number of ether oxygens (including phenoxy) is 3. The van der Waals surface area contributed by atoms with Crippen molar-refractivity contribution in [3.63, 3.8) is 0 Å². The fourth-order valence-electron chi connectivity index (χ4n) is 4.03. The Morgan fingerprint density at radius 1 is 0.674 bits per heavy atom. The average molecular weight is 609 g/mol. The molecule has 10 heteroatoms. The maximum absolute atomic E-state index is 12.7. The number of nitrogens with one attached hydrogen (secondary N) is 2. The average Bonchev–Trinajstić information content (AvgIpc) is 2.91. The number of carbonyl (C=O) groups excluding carboxylic acids is 3. The van der Waals surface area contributed by atoms with Crippen molar-refractivity contribution >= 4 is 24.1 Å². The Bertz CT molecular complexity index is 1020. The van der Waals surface area contributed by atoms with Crippen molar-refractivity contribution in [2.45, 2.75) is 139 Å². The van der Waals surface area contributed by atoms with Crippen LogP contribution in [0.25, 0.3) is 0 Å². The minimum atomic E-state index is -1.04. The van der Waals surface area contributed by atoms with E-state index in [1.165, 1.54) is 0 Å². The van der Waals surface area contributed by atoms with E-state index in [2.05, 4.69) is 10.6 Å². The van der Waals surface area contributed by atoms with Crippen LogP contribution in [-0.2, 0) is 30.4 Å². The van der Waals surface area contributed by atoms with Gasteiger partial charge in [-0.05, 0) is 83.6 Å². The summed E-state index contributed by atoms with van der Waals surface area (Å²) in [6, 6.07) is 7.76. The highest BCUT2D eigenvalue weighted by Crippen LogP contribution is 2.32. The van der Waals surface area contributed by atoms with Crippen LogP contribution in [0.4, 0.5) is 9.59 Å². The molecule has 0 aliphatic heterocycles. The molecule has 0 aromatic heterocycles. The number of aliphatic carboxylic acids is 1. The van der Waals surface area contributed by atoms with Crippen molar-refractivity contribution in [1.29, 1.82) is 0 Å². The van der Waals surface area contributed by atoms with E-state index in [1.54, 1.807) is 41.5 Å². The predicted molar refractivity (Wildman–Crippen MR) is 168 cm³/mol. The van der Waals surface area contributed by atoms with Crippen molar-refractivity contribution in [3.05, 3.63) is 35.9 Å². The molecule has 0 bridgehead atoms. The van der Waals surface area contributed by atoms with Crippen LogP contribution in [0.1, 0.15) is 114 Å². The van der Waals surface area contributed by atoms with Crippen molar-refractivity contribution in [3.8, 4) is 0 Å². The van der Waals surface area contributed by atoms with E-state index in [9.17, 15) is 24.3 Å². The molecule has 43 heavy (non-hydrogen) atoms. The van der Waals surface area contributed by atoms with Crippen molar-refractivity contribution in [2.24, 2.45) is 10.8 Å². The number of rotatable bonds is 12. The van der Waals surface area contributed by atoms with Gasteiger partial charge < -0.3 is 30.0 Å². The van der Waals surface area contributed by atoms with Gasteiger partial charge in [0.2, 0.25) is 0 Å². The molecule has 0 fully saturated rings. The summed E-state index contributed by atoms with van der Waals surface area (Å²) >= 11 is 0. The minimum absolute atomic E-state index is 0.176. The molecule has 0 radical (unpaired) electrons. The molecule has 1 rings (SSSR count). The monoisotopic (exact) mass is 608 g/mol. The minimum Gasteiger partial charge on any atom is -0.480 e. The molecule has 1 aromatic rings. The number of carboxylic acids is 1. The van der Waals surface area contributed by atoms with E-state index in [0.29, 0.717) is 12.8 Å². The van der Waals surface area contributed by atoms with Gasteiger partial charge in [0.15, 0.2) is 0 Å². The number of hydrogen-bond donors (Lipinski definition) is 3. The fourth-order valence-corrected chi connectivity index (χ4v) is 4.03. The van der Waals surface area contributed by atoms with Gasteiger partial charge in [0.25, 0.3) is 0 Å². The maximum Gasteiger partial charge on any atom is 0.408 e. The highest BCUT2D eigenvalue weighted by molar-refractivity contribution is 5.82. The first-order valence-corrected chi connectivity index (χ1v) is 15.1. The summed E-state index contributed by atoms with van der Waals surface area (Å²) in [7, 11) is 0. The number of carboxylic acid groups (broad SMARTS) is 1. The summed E-state index contributed by atoms with van der Waals surface area (Å²) in [5.74, 6) is -1.48. The van der Waals surface area contributed by atoms with E-state index in [0.717, 1.165) is 18.4 Å². The van der Waals surface area contributed by atoms with Crippen molar-refractivity contribution < 1.29 is 38.5 Å². The number of benzene rings is 1. The van der Waals surface area contributed by atoms with E-state index < -0.39 is 58.2 Å². The van der Waals surface area contributed by atoms with Gasteiger partial charge in [-0.15, -0.1) is 0 Å². The van der Waals surface area contributed by atoms with Crippen LogP contribution >= 0.6 is 0 Å². The topological polar surface area (TPSA) is 140 Å². The molecule has 0 aliphatic rings. The summed E-state index contributed by atoms with van der Waals surface area (Å²) in [5.41, 5.74) is -1.26. The molecule has 1 aromatic carbocycles. The normalized spacial score (nSPS) is 13.4. The molecule has 3 N–H and O–H groups in total. The molecule has 0 unspecified atom stereocenters. The Balaban J connectivity index is 0.000000869. The van der Waals surface area contributed by atoms with Crippen molar-refractivity contribution in [2.75, 3.05) is 0 Å². The Morgan fingerprint density at radius 3 is 1.40 bits per heavy atom. The van der Waals surface area contributed by atoms with Gasteiger partial charge >= 0.3 is 24.1 Å². The molecular weight excluding hydrogens is 552 g/mol. The van der Waals surface area contributed by atoms with Crippen LogP contribution in [0.15, 0.2) is 30.3 Å². The largest absolute Gasteiger partial charge is 0.480 e. The molecule has 0 spiro atoms. The van der Waals surface area contributed by atoms with Gasteiger partial charge in [-0.25, -0.2) is 19.2 Å². The van der Waals surface area contributed by atoms with Crippen LogP contribution in [0.2, 0.25) is 0 Å². The maximum atomic E-state index is 12.7. The number of esters is 1. The zero-order valence-corrected chi connectivity index (χ0v) is 28.4. The third kappa shape index (κ3) is 14.6. The Labute approximate surface area is 258 Å². The molecular formula is C33H56N2O8. The van der Waals surface area contributed by atoms with Crippen LogP contribution in [0, 0.1) is 10.8 Å². The van der Waals surface area contributed by atoms with Gasteiger partial charge in [-0.3, -0.25) is 0 Å². The van der Waals surface area contributed by atoms with E-state index in [4.69, 9.17) is 14.2 Å². The molecule has 0 saturated heterocycles. The summed E-state index contributed by atoms with van der Waals surface area (Å²) in [6.45, 7) is 22.4. The van der Waals surface area contributed by atoms with Crippen LogP contribution in [0.5, 0.6) is 0 Å². The number of hydrogen-bond acceptors (Lipinski definition) is 7. The zero-order valence-electron chi connectivity index (χ0n) is 28.4. The van der Waals surface area contributed by atoms with Gasteiger partial charge in [-0.1, -0.05) is 71.9 Å². The summed E-state index contributed by atoms with van der Waals surface area (Å²) < 4.78 is 15.9. The zero-order chi connectivity index (χ0) is 33.6. The Morgan fingerprint density at radius 2 is 1.05 bits per heavy atom. The number of carbonyl (C=O) groups is 4. The van der Waals surface area contributed by atoms with Gasteiger partial charge in [-0.2, -0.15) is 0 Å². The highest BCUT2D eigenvalue weighted by atomic mass is 16.6. The lowest BCUT2D eigenvalue weighted by Gasteiger charge is -2.35. The molecule has 10 nitrogen and oxygen atoms in total. The summed E-state index contributed by atoms with van der Waals surface area (Å²) in [5, 5.41) is 14.4. The van der Waals surface area contributed by atoms with E-state index in [-0.39, 0.29) is 6.61 Å². The Hall–Kier alpha value is -3.30. The number of alkyl carbamates (subject to hydrolysis) is 2. The highest BCUT2D eigenvalue weighted by Gasteiger charge is 2.40. The molecule has 2 atom stereocenters. The third-order valence-corrected chi connectivity index (χ3v) is 7.65. The smallest absolute Gasteiger partial charge is 0.408 e. The molecule has 0 aliphatic carbocycles. The SMILES string of the molecule is CCC(C)(CC)[C@@H](NC(=O)OC(C)(C)C)C(=O)O.CCC(C)(CC)[C@@H](NC(=O)OC(C)(C)C)C(=O)OCc1ccccc1. The van der Waals surface area contributed by atoms with Gasteiger partial charge in [0.1, 0.15) is 29.9 Å². The van der Waals surface area contributed by atoms with Crippen molar-refractivity contribution in [1.82, 2.24) is 10.6 Å². The lowest BCUT2D eigenvalue weighted by atomic mass is 9.77. The second-order valence-corrected chi connectivity index (χ2v) is 13.3. The standard InChI is InChI=1S/C20H31NO4.C13H25NO4/c1-7-20(6,8-2)16(21-18(23)25-19(3,4)5)17(22)24-14-15-12-10-9-11-13-15;1-7-13(6,8-2)9(10(15)16)14-11(17)18-12(3,4)5/h9-13,16H,7-8,14H2,1-6H3,(H,21,23);9H,7-8H2,1-6H3,(H,14,17)(H,15,16)/t16-;9-/m00/s1. The first-order chi connectivity index (χ1) is 19.7. The quantitative estimate of drug-likeness (QED) is 0.167. The molecule has 0 heterocycles. The van der Waals surface area contributed by atoms with Crippen LogP contribution in [-0.4, -0.2) is 52.5 Å². The van der Waals surface area contributed by atoms with E-state index >= 15 is 0 Å². The van der Waals surface area contributed by atoms with Gasteiger partial charge in [0.05, 0.1) is 0 Å². The second kappa shape index (κ2) is 17.1. The first kappa shape index (κ1) is 39.7. The lowest BCUT2D eigenvalue weighted by Crippen LogP contribution is -2.52. The van der Waals surface area contributed by atoms with Gasteiger partial charge in [0, 0.05) is 0 Å². The predicted octanol–water partition coefficient (Wildman–Crippen LogP) is 7.24. The molecule has 0 saturated carbocycles. The summed E-state index contributed by atoms with van der Waals surface area (Å²) in [6.07, 6.45) is 1.48. The van der Waals surface area contributed by atoms with E-state index in [1.807, 2.05) is 71.9 Å². The first-order valence-electron chi connectivity index (χ1n) is 15.1. The number of amides is 2. The van der Waals surface area contributed by atoms with Crippen LogP contribution in [0.3, 0.4) is 0 Å². The third-order valence-electron chi connectivity index (χ3n) is 7.65. The van der Waals surface area contributed by atoms with Crippen LogP contribution < -0.4 is 10.6 Å². The lowest BCUT2D eigenvalue weighted by molar-refractivity contribution is -0.151. The fraction of sp³-hybridized carbons (Fsp3) is 0.697. The second-order valence-electron chi connectivity index (χ2n) is 13.3. The Kier molecular flexibility index (Phi) is 15.8.